The average molecular weight is 154 g/mol. The molecule has 0 aliphatic carbocycles. The monoisotopic (exact) mass is 154 g/mol. The quantitative estimate of drug-likeness (QED) is 0.583. The minimum absolute atomic E-state index is 0.0359. The summed E-state index contributed by atoms with van der Waals surface area (Å²) in [7, 11) is 0. The van der Waals surface area contributed by atoms with Gasteiger partial charge in [-0.3, -0.25) is 0 Å². The molecule has 2 nitrogen and oxygen atoms in total. The SMILES string of the molecule is C[C@@H](C#C/C=C\CCO)CO. The Labute approximate surface area is 67.6 Å². The molecule has 0 spiro atoms. The first-order valence-electron chi connectivity index (χ1n) is 3.69. The number of hydrogen-bond donors (Lipinski definition) is 2. The third-order valence-electron chi connectivity index (χ3n) is 1.10. The number of rotatable bonds is 3. The van der Waals surface area contributed by atoms with E-state index in [9.17, 15) is 0 Å². The molecule has 0 aliphatic heterocycles. The second-order valence-corrected chi connectivity index (χ2v) is 2.29. The van der Waals surface area contributed by atoms with Crippen LogP contribution in [0.15, 0.2) is 12.2 Å². The Morgan fingerprint density at radius 1 is 1.45 bits per heavy atom. The summed E-state index contributed by atoms with van der Waals surface area (Å²) in [4.78, 5) is 0. The molecule has 11 heavy (non-hydrogen) atoms. The number of hydrogen-bond acceptors (Lipinski definition) is 2. The van der Waals surface area contributed by atoms with Crippen molar-refractivity contribution in [3.8, 4) is 11.8 Å². The van der Waals surface area contributed by atoms with Gasteiger partial charge in [0.1, 0.15) is 0 Å². The van der Waals surface area contributed by atoms with Crippen molar-refractivity contribution >= 4 is 0 Å². The second kappa shape index (κ2) is 7.33. The van der Waals surface area contributed by atoms with Gasteiger partial charge >= 0.3 is 0 Å². The molecule has 0 unspecified atom stereocenters. The van der Waals surface area contributed by atoms with Crippen LogP contribution in [-0.4, -0.2) is 23.4 Å². The van der Waals surface area contributed by atoms with E-state index in [4.69, 9.17) is 10.2 Å². The molecule has 0 saturated carbocycles. The molecule has 0 aliphatic rings. The van der Waals surface area contributed by atoms with E-state index in [1.54, 1.807) is 12.2 Å². The lowest BCUT2D eigenvalue weighted by molar-refractivity contribution is 0.266. The van der Waals surface area contributed by atoms with E-state index in [-0.39, 0.29) is 19.1 Å². The Hall–Kier alpha value is -0.780. The predicted molar refractivity (Wildman–Crippen MR) is 44.9 cm³/mol. The highest BCUT2D eigenvalue weighted by Crippen LogP contribution is 1.87. The summed E-state index contributed by atoms with van der Waals surface area (Å²) >= 11 is 0. The lowest BCUT2D eigenvalue weighted by Gasteiger charge is -1.91. The maximum Gasteiger partial charge on any atom is 0.0566 e. The van der Waals surface area contributed by atoms with Crippen molar-refractivity contribution in [3.05, 3.63) is 12.2 Å². The summed E-state index contributed by atoms with van der Waals surface area (Å²) in [5.41, 5.74) is 0. The molecule has 0 amide bonds. The average Bonchev–Trinajstić information content (AvgIpc) is 2.04. The zero-order chi connectivity index (χ0) is 8.53. The number of aliphatic hydroxyl groups is 2. The Morgan fingerprint density at radius 2 is 2.18 bits per heavy atom. The van der Waals surface area contributed by atoms with Crippen LogP contribution in [0.2, 0.25) is 0 Å². The second-order valence-electron chi connectivity index (χ2n) is 2.29. The molecule has 0 aromatic rings. The van der Waals surface area contributed by atoms with Gasteiger partial charge in [-0.2, -0.15) is 0 Å². The first kappa shape index (κ1) is 10.2. The van der Waals surface area contributed by atoms with E-state index < -0.39 is 0 Å². The molecule has 0 aromatic carbocycles. The fraction of sp³-hybridized carbons (Fsp3) is 0.556. The molecular weight excluding hydrogens is 140 g/mol. The van der Waals surface area contributed by atoms with Crippen molar-refractivity contribution in [3.63, 3.8) is 0 Å². The lowest BCUT2D eigenvalue weighted by atomic mass is 10.2. The molecule has 1 atom stereocenters. The van der Waals surface area contributed by atoms with Crippen LogP contribution < -0.4 is 0 Å². The summed E-state index contributed by atoms with van der Waals surface area (Å²) in [6.45, 7) is 2.11. The van der Waals surface area contributed by atoms with Crippen molar-refractivity contribution in [1.82, 2.24) is 0 Å². The Bertz CT molecular complexity index is 162. The Kier molecular flexibility index (Phi) is 6.81. The largest absolute Gasteiger partial charge is 0.396 e. The van der Waals surface area contributed by atoms with Crippen LogP contribution >= 0.6 is 0 Å². The van der Waals surface area contributed by atoms with Gasteiger partial charge in [0.15, 0.2) is 0 Å². The topological polar surface area (TPSA) is 40.5 Å². The fourth-order valence-electron chi connectivity index (χ4n) is 0.453. The zero-order valence-electron chi connectivity index (χ0n) is 6.75. The summed E-state index contributed by atoms with van der Waals surface area (Å²) in [6, 6.07) is 0. The third-order valence-corrected chi connectivity index (χ3v) is 1.10. The molecule has 0 heterocycles. The van der Waals surface area contributed by atoms with Gasteiger partial charge < -0.3 is 10.2 Å². The molecule has 62 valence electrons. The first-order valence-corrected chi connectivity index (χ1v) is 3.69. The van der Waals surface area contributed by atoms with E-state index in [1.165, 1.54) is 0 Å². The van der Waals surface area contributed by atoms with Crippen LogP contribution in [0.3, 0.4) is 0 Å². The Balaban J connectivity index is 3.53. The maximum absolute atomic E-state index is 8.57. The van der Waals surface area contributed by atoms with Crippen molar-refractivity contribution in [2.45, 2.75) is 13.3 Å². The van der Waals surface area contributed by atoms with Crippen molar-refractivity contribution in [2.75, 3.05) is 13.2 Å². The lowest BCUT2D eigenvalue weighted by Crippen LogP contribution is -1.94. The van der Waals surface area contributed by atoms with Crippen molar-refractivity contribution in [1.29, 1.82) is 0 Å². The van der Waals surface area contributed by atoms with Crippen LogP contribution in [0.1, 0.15) is 13.3 Å². The van der Waals surface area contributed by atoms with Crippen LogP contribution in [0.4, 0.5) is 0 Å². The molecule has 2 N–H and O–H groups in total. The molecule has 0 bridgehead atoms. The van der Waals surface area contributed by atoms with Crippen LogP contribution in [0.25, 0.3) is 0 Å². The summed E-state index contributed by atoms with van der Waals surface area (Å²) in [5.74, 6) is 5.63. The van der Waals surface area contributed by atoms with Gasteiger partial charge in [-0.05, 0) is 19.4 Å². The number of allylic oxidation sites excluding steroid dienone is 1. The molecule has 0 radical (unpaired) electrons. The van der Waals surface area contributed by atoms with Gasteiger partial charge in [0, 0.05) is 12.5 Å². The van der Waals surface area contributed by atoms with E-state index in [2.05, 4.69) is 11.8 Å². The standard InChI is InChI=1S/C9H14O2/c1-9(8-11)6-4-2-3-5-7-10/h2-3,9-11H,5,7-8H2,1H3/b3-2-/t9-/m0/s1. The minimum atomic E-state index is 0.0359. The normalized spacial score (nSPS) is 12.6. The van der Waals surface area contributed by atoms with Gasteiger partial charge in [0.05, 0.1) is 6.61 Å². The Morgan fingerprint density at radius 3 is 2.73 bits per heavy atom. The van der Waals surface area contributed by atoms with Crippen LogP contribution in [-0.2, 0) is 0 Å². The van der Waals surface area contributed by atoms with Gasteiger partial charge in [-0.1, -0.05) is 17.9 Å². The number of aliphatic hydroxyl groups excluding tert-OH is 2. The van der Waals surface area contributed by atoms with E-state index in [0.717, 1.165) is 0 Å². The van der Waals surface area contributed by atoms with Gasteiger partial charge in [-0.15, -0.1) is 0 Å². The fourth-order valence-corrected chi connectivity index (χ4v) is 0.453. The molecular formula is C9H14O2. The highest BCUT2D eigenvalue weighted by atomic mass is 16.3. The van der Waals surface area contributed by atoms with Crippen LogP contribution in [0, 0.1) is 17.8 Å². The predicted octanol–water partition coefficient (Wildman–Crippen LogP) is 0.557. The summed E-state index contributed by atoms with van der Waals surface area (Å²) < 4.78 is 0. The highest BCUT2D eigenvalue weighted by molar-refractivity contribution is 5.16. The molecule has 0 rings (SSSR count). The highest BCUT2D eigenvalue weighted by Gasteiger charge is 1.88. The molecule has 0 aromatic heterocycles. The van der Waals surface area contributed by atoms with E-state index in [1.807, 2.05) is 6.92 Å². The summed E-state index contributed by atoms with van der Waals surface area (Å²) in [6.07, 6.45) is 4.14. The summed E-state index contributed by atoms with van der Waals surface area (Å²) in [5, 5.41) is 17.0. The van der Waals surface area contributed by atoms with Crippen molar-refractivity contribution < 1.29 is 10.2 Å². The van der Waals surface area contributed by atoms with Gasteiger partial charge in [0.2, 0.25) is 0 Å². The minimum Gasteiger partial charge on any atom is -0.396 e. The zero-order valence-corrected chi connectivity index (χ0v) is 6.75. The molecule has 0 saturated heterocycles. The smallest absolute Gasteiger partial charge is 0.0566 e. The molecule has 2 heteroatoms. The molecule has 0 fully saturated rings. The first-order chi connectivity index (χ1) is 5.31. The van der Waals surface area contributed by atoms with Gasteiger partial charge in [0.25, 0.3) is 0 Å². The van der Waals surface area contributed by atoms with Gasteiger partial charge in [-0.25, -0.2) is 0 Å². The van der Waals surface area contributed by atoms with Crippen molar-refractivity contribution in [2.24, 2.45) is 5.92 Å². The maximum atomic E-state index is 8.57. The van der Waals surface area contributed by atoms with Crippen LogP contribution in [0.5, 0.6) is 0 Å². The third kappa shape index (κ3) is 7.11. The van der Waals surface area contributed by atoms with E-state index in [0.29, 0.717) is 6.42 Å². The van der Waals surface area contributed by atoms with E-state index >= 15 is 0 Å².